The summed E-state index contributed by atoms with van der Waals surface area (Å²) in [5.74, 6) is -0.175. The minimum atomic E-state index is -0.295. The Hall–Kier alpha value is -3.11. The summed E-state index contributed by atoms with van der Waals surface area (Å²) in [5, 5.41) is 7.69. The number of allylic oxidation sites excluding steroid dienone is 1. The quantitative estimate of drug-likeness (QED) is 0.501. The van der Waals surface area contributed by atoms with Crippen LogP contribution >= 0.6 is 11.6 Å². The topological polar surface area (TPSA) is 41.1 Å². The molecule has 5 heteroatoms. The fourth-order valence-electron chi connectivity index (χ4n) is 4.40. The van der Waals surface area contributed by atoms with Crippen molar-refractivity contribution in [1.82, 2.24) is 0 Å². The lowest BCUT2D eigenvalue weighted by Gasteiger charge is -2.30. The Balaban J connectivity index is 1.61. The fraction of sp³-hybridized carbons (Fsp3) is 0.160. The molecule has 150 valence electrons. The number of nitrogens with one attached hydrogen (secondary N) is 2. The van der Waals surface area contributed by atoms with Crippen LogP contribution in [0.5, 0.6) is 0 Å². The number of hydrogen-bond donors (Lipinski definition) is 2. The number of carbonyl (C=O) groups excluding carboxylic acids is 1. The summed E-state index contributed by atoms with van der Waals surface area (Å²) in [5.41, 5.74) is 5.44. The zero-order chi connectivity index (χ0) is 20.7. The Kier molecular flexibility index (Phi) is 4.80. The lowest BCUT2D eigenvalue weighted by molar-refractivity contribution is -0.116. The molecule has 3 nitrogen and oxygen atoms in total. The number of carbonyl (C=O) groups is 1. The Morgan fingerprint density at radius 3 is 2.40 bits per heavy atom. The van der Waals surface area contributed by atoms with E-state index in [1.54, 1.807) is 12.1 Å². The van der Waals surface area contributed by atoms with Crippen molar-refractivity contribution in [2.45, 2.75) is 24.8 Å². The summed E-state index contributed by atoms with van der Waals surface area (Å²) < 4.78 is 13.4. The van der Waals surface area contributed by atoms with Crippen molar-refractivity contribution in [3.05, 3.63) is 106 Å². The molecule has 1 aliphatic heterocycles. The highest BCUT2D eigenvalue weighted by Crippen LogP contribution is 2.44. The highest BCUT2D eigenvalue weighted by molar-refractivity contribution is 6.30. The first-order valence-electron chi connectivity index (χ1n) is 9.98. The number of hydrogen-bond acceptors (Lipinski definition) is 3. The summed E-state index contributed by atoms with van der Waals surface area (Å²) >= 11 is 6.26. The van der Waals surface area contributed by atoms with Crippen LogP contribution in [0.15, 0.2) is 84.1 Å². The molecule has 0 radical (unpaired) electrons. The molecule has 0 aromatic heterocycles. The van der Waals surface area contributed by atoms with E-state index < -0.39 is 0 Å². The van der Waals surface area contributed by atoms with E-state index in [0.717, 1.165) is 33.8 Å². The Morgan fingerprint density at radius 2 is 1.63 bits per heavy atom. The van der Waals surface area contributed by atoms with Gasteiger partial charge in [-0.2, -0.15) is 0 Å². The highest BCUT2D eigenvalue weighted by Gasteiger charge is 2.36. The molecule has 2 aliphatic rings. The van der Waals surface area contributed by atoms with Gasteiger partial charge in [-0.1, -0.05) is 48.0 Å². The summed E-state index contributed by atoms with van der Waals surface area (Å²) in [6.07, 6.45) is 1.07. The number of ketones is 1. The van der Waals surface area contributed by atoms with Crippen LogP contribution in [0.2, 0.25) is 5.02 Å². The molecule has 0 fully saturated rings. The Bertz CT molecular complexity index is 1160. The first kappa shape index (κ1) is 18.9. The minimum Gasteiger partial charge on any atom is -0.372 e. The summed E-state index contributed by atoms with van der Waals surface area (Å²) in [6, 6.07) is 21.7. The van der Waals surface area contributed by atoms with E-state index >= 15 is 0 Å². The van der Waals surface area contributed by atoms with E-state index in [-0.39, 0.29) is 23.6 Å². The predicted molar refractivity (Wildman–Crippen MR) is 118 cm³/mol. The molecule has 30 heavy (non-hydrogen) atoms. The number of fused-ring (bicyclic) bond motifs is 1. The first-order valence-corrected chi connectivity index (χ1v) is 10.4. The molecule has 3 aromatic carbocycles. The monoisotopic (exact) mass is 418 g/mol. The van der Waals surface area contributed by atoms with E-state index in [1.807, 2.05) is 48.5 Å². The molecule has 0 amide bonds. The molecule has 5 rings (SSSR count). The Morgan fingerprint density at radius 1 is 0.867 bits per heavy atom. The molecule has 2 N–H and O–H groups in total. The Labute approximate surface area is 179 Å². The summed E-state index contributed by atoms with van der Waals surface area (Å²) in [6.45, 7) is 0. The molecule has 1 aliphatic carbocycles. The van der Waals surface area contributed by atoms with Crippen LogP contribution < -0.4 is 10.6 Å². The number of halogens is 2. The zero-order valence-corrected chi connectivity index (χ0v) is 16.9. The van der Waals surface area contributed by atoms with Gasteiger partial charge in [-0.25, -0.2) is 4.39 Å². The second kappa shape index (κ2) is 7.62. The number of benzene rings is 3. The van der Waals surface area contributed by atoms with Crippen LogP contribution in [0.25, 0.3) is 0 Å². The van der Waals surface area contributed by atoms with Gasteiger partial charge in [-0.15, -0.1) is 0 Å². The zero-order valence-electron chi connectivity index (χ0n) is 16.2. The van der Waals surface area contributed by atoms with Crippen LogP contribution in [0.4, 0.5) is 15.8 Å². The van der Waals surface area contributed by atoms with Gasteiger partial charge in [0.1, 0.15) is 5.82 Å². The largest absolute Gasteiger partial charge is 0.372 e. The van der Waals surface area contributed by atoms with Gasteiger partial charge in [-0.05, 0) is 59.9 Å². The van der Waals surface area contributed by atoms with Gasteiger partial charge in [0.25, 0.3) is 0 Å². The highest BCUT2D eigenvalue weighted by atomic mass is 35.5. The lowest BCUT2D eigenvalue weighted by atomic mass is 9.78. The average molecular weight is 419 g/mol. The molecule has 2 atom stereocenters. The second-order valence-electron chi connectivity index (χ2n) is 7.78. The second-order valence-corrected chi connectivity index (χ2v) is 8.21. The maximum absolute atomic E-state index is 13.4. The molecule has 0 unspecified atom stereocenters. The van der Waals surface area contributed by atoms with Gasteiger partial charge in [0.2, 0.25) is 0 Å². The van der Waals surface area contributed by atoms with Crippen molar-refractivity contribution >= 4 is 28.8 Å². The van der Waals surface area contributed by atoms with Crippen molar-refractivity contribution in [3.63, 3.8) is 0 Å². The van der Waals surface area contributed by atoms with Gasteiger partial charge in [0.05, 0.1) is 17.4 Å². The first-order chi connectivity index (χ1) is 14.6. The summed E-state index contributed by atoms with van der Waals surface area (Å²) in [4.78, 5) is 13.4. The van der Waals surface area contributed by atoms with Crippen LogP contribution in [0.1, 0.15) is 35.9 Å². The van der Waals surface area contributed by atoms with Crippen molar-refractivity contribution in [3.8, 4) is 0 Å². The van der Waals surface area contributed by atoms with Crippen LogP contribution in [-0.2, 0) is 4.79 Å². The average Bonchev–Trinajstić information content (AvgIpc) is 2.91. The lowest BCUT2D eigenvalue weighted by Crippen LogP contribution is -2.26. The van der Waals surface area contributed by atoms with Gasteiger partial charge in [0, 0.05) is 22.7 Å². The van der Waals surface area contributed by atoms with Gasteiger partial charge in [0.15, 0.2) is 5.78 Å². The van der Waals surface area contributed by atoms with Gasteiger partial charge >= 0.3 is 0 Å². The van der Waals surface area contributed by atoms with Crippen molar-refractivity contribution in [1.29, 1.82) is 0 Å². The molecule has 0 saturated heterocycles. The standard InChI is InChI=1S/C25H20ClFN2O/c26-18-5-3-4-16(12-18)25-24-22(28-20-6-1-2-7-21(20)29-25)13-17(14-23(24)30)15-8-10-19(27)11-9-15/h1-12,17,25,28-29H,13-14H2/t17-,25+/m0/s1. The van der Waals surface area contributed by atoms with Crippen LogP contribution in [-0.4, -0.2) is 5.78 Å². The van der Waals surface area contributed by atoms with E-state index in [2.05, 4.69) is 10.6 Å². The molecule has 1 heterocycles. The fourth-order valence-corrected chi connectivity index (χ4v) is 4.60. The van der Waals surface area contributed by atoms with E-state index in [1.165, 1.54) is 12.1 Å². The number of Topliss-reactive ketones (excluding diaryl/α,β-unsaturated/α-hetero) is 1. The molecular weight excluding hydrogens is 399 g/mol. The molecular formula is C25H20ClFN2O. The van der Waals surface area contributed by atoms with E-state index in [9.17, 15) is 9.18 Å². The van der Waals surface area contributed by atoms with Crippen LogP contribution in [0.3, 0.4) is 0 Å². The third-order valence-electron chi connectivity index (χ3n) is 5.83. The number of anilines is 2. The molecule has 3 aromatic rings. The smallest absolute Gasteiger partial charge is 0.163 e. The van der Waals surface area contributed by atoms with Gasteiger partial charge in [-0.3, -0.25) is 4.79 Å². The SMILES string of the molecule is O=C1C[C@@H](c2ccc(F)cc2)CC2=C1[C@@H](c1cccc(Cl)c1)Nc1ccccc1N2. The number of rotatable bonds is 2. The third kappa shape index (κ3) is 3.48. The number of para-hydroxylation sites is 2. The van der Waals surface area contributed by atoms with Crippen LogP contribution in [0, 0.1) is 5.82 Å². The van der Waals surface area contributed by atoms with E-state index in [0.29, 0.717) is 17.9 Å². The molecule has 0 bridgehead atoms. The maximum Gasteiger partial charge on any atom is 0.163 e. The maximum atomic E-state index is 13.4. The summed E-state index contributed by atoms with van der Waals surface area (Å²) in [7, 11) is 0. The molecule has 0 spiro atoms. The predicted octanol–water partition coefficient (Wildman–Crippen LogP) is 6.46. The molecule has 0 saturated carbocycles. The minimum absolute atomic E-state index is 0.00891. The van der Waals surface area contributed by atoms with Crippen molar-refractivity contribution in [2.24, 2.45) is 0 Å². The normalized spacial score (nSPS) is 20.5. The van der Waals surface area contributed by atoms with Crippen molar-refractivity contribution < 1.29 is 9.18 Å². The third-order valence-corrected chi connectivity index (χ3v) is 6.07. The van der Waals surface area contributed by atoms with Gasteiger partial charge < -0.3 is 10.6 Å². The van der Waals surface area contributed by atoms with Crippen molar-refractivity contribution in [2.75, 3.05) is 10.6 Å². The van der Waals surface area contributed by atoms with E-state index in [4.69, 9.17) is 11.6 Å².